The Hall–Kier alpha value is -12.1. The van der Waals surface area contributed by atoms with Crippen LogP contribution in [0.25, 0.3) is 60.7 Å². The second-order valence-corrected chi connectivity index (χ2v) is 26.6. The summed E-state index contributed by atoms with van der Waals surface area (Å²) in [4.78, 5) is 95.8. The van der Waals surface area contributed by atoms with E-state index >= 15 is 0 Å². The molecule has 2 saturated heterocycles. The van der Waals surface area contributed by atoms with Gasteiger partial charge in [-0.05, 0) is 162 Å². The largest absolute Gasteiger partial charge is 0.497 e. The van der Waals surface area contributed by atoms with E-state index in [0.29, 0.717) is 129 Å². The van der Waals surface area contributed by atoms with Gasteiger partial charge in [-0.15, -0.1) is 12.4 Å². The summed E-state index contributed by atoms with van der Waals surface area (Å²) in [6, 6.07) is 21.8. The summed E-state index contributed by atoms with van der Waals surface area (Å²) < 4.78 is 36.1. The number of benzene rings is 4. The van der Waals surface area contributed by atoms with E-state index in [1.165, 1.54) is 24.2 Å². The molecule has 29 nitrogen and oxygen atoms in total. The number of halogens is 2. The number of aryl methyl sites for hydroxylation is 4. The number of rotatable bonds is 15. The maximum Gasteiger partial charge on any atom is 0.341 e. The normalized spacial score (nSPS) is 13.6. The molecule has 4 fully saturated rings. The van der Waals surface area contributed by atoms with Crippen molar-refractivity contribution in [2.45, 2.75) is 67.2 Å². The summed E-state index contributed by atoms with van der Waals surface area (Å²) in [5.41, 5.74) is 10.1. The first-order valence-corrected chi connectivity index (χ1v) is 36.3. The number of methoxy groups -OCH3 is 4. The van der Waals surface area contributed by atoms with Crippen molar-refractivity contribution in [1.29, 1.82) is 0 Å². The van der Waals surface area contributed by atoms with Crippen molar-refractivity contribution in [2.24, 2.45) is 11.8 Å². The van der Waals surface area contributed by atoms with Gasteiger partial charge in [0.15, 0.2) is 0 Å². The average Bonchev–Trinajstić information content (AvgIpc) is 1.77. The molecule has 31 heteroatoms. The zero-order valence-electron chi connectivity index (χ0n) is 63.3. The Kier molecular flexibility index (Phi) is 27.8. The number of amides is 3. The number of carboxylic acids is 1. The molecular formula is C80H88Cl2N16O13. The van der Waals surface area contributed by atoms with Crippen LogP contribution < -0.4 is 24.3 Å². The van der Waals surface area contributed by atoms with Gasteiger partial charge in [0.25, 0.3) is 5.91 Å². The van der Waals surface area contributed by atoms with Crippen LogP contribution in [0, 0.1) is 39.5 Å². The Morgan fingerprint density at radius 3 is 1.18 bits per heavy atom. The Morgan fingerprint density at radius 1 is 0.459 bits per heavy atom. The van der Waals surface area contributed by atoms with Gasteiger partial charge in [0.2, 0.25) is 11.8 Å². The quantitative estimate of drug-likeness (QED) is 0.0803. The van der Waals surface area contributed by atoms with Gasteiger partial charge in [-0.3, -0.25) is 39.4 Å². The Bertz CT molecular complexity index is 5280. The average molecular weight is 1550 g/mol. The molecular weight excluding hydrogens is 1460 g/mol. The molecule has 10 heterocycles. The van der Waals surface area contributed by atoms with Crippen molar-refractivity contribution in [3.05, 3.63) is 197 Å². The third-order valence-electron chi connectivity index (χ3n) is 18.2. The van der Waals surface area contributed by atoms with Crippen LogP contribution in [-0.2, 0) is 19.1 Å². The highest BCUT2D eigenvalue weighted by atomic mass is 35.5. The number of hydrogen-bond donors (Lipinski definition) is 3. The third kappa shape index (κ3) is 20.1. The van der Waals surface area contributed by atoms with Crippen molar-refractivity contribution < 1.29 is 62.3 Å². The fourth-order valence-electron chi connectivity index (χ4n) is 12.2. The minimum Gasteiger partial charge on any atom is -0.497 e. The maximum atomic E-state index is 13.5. The first-order valence-electron chi connectivity index (χ1n) is 35.9. The van der Waals surface area contributed by atoms with E-state index in [-0.39, 0.29) is 41.3 Å². The van der Waals surface area contributed by atoms with E-state index in [1.807, 2.05) is 92.5 Å². The molecule has 0 spiro atoms. The lowest BCUT2D eigenvalue weighted by atomic mass is 10.1. The van der Waals surface area contributed by atoms with Crippen LogP contribution in [0.4, 0.5) is 0 Å². The van der Waals surface area contributed by atoms with Gasteiger partial charge in [0.1, 0.15) is 34.1 Å². The van der Waals surface area contributed by atoms with E-state index in [4.69, 9.17) is 40.0 Å². The van der Waals surface area contributed by atoms with Crippen LogP contribution in [0.1, 0.15) is 103 Å². The Labute approximate surface area is 651 Å². The van der Waals surface area contributed by atoms with Crippen LogP contribution in [0.3, 0.4) is 0 Å². The second-order valence-electron chi connectivity index (χ2n) is 26.2. The number of hydrogen-bond acceptors (Lipinski definition) is 21. The molecule has 8 aromatic heterocycles. The SMILES string of the molecule is CCOC(=O)c1cnc2ccc(OC)cc2c1-n1cc(C)cn1.CCOC(=O)c1cnc2ccc(OC)cc2c1Cl.COc1ccc2ncc(C(=O)N3CCN(C(=O)C4CC4)CC3)c(-n3cc(C)cn3)c2c1.COc1ccc2ncc(C(=O)O)c(-n3cc(C)cn3)c2c1.Cc1cn[nH]c1.Cl.O=C(C1CC1)N1CCNCC1. The molecule has 0 bridgehead atoms. The Morgan fingerprint density at radius 2 is 0.820 bits per heavy atom. The van der Waals surface area contributed by atoms with E-state index < -0.39 is 17.9 Å². The van der Waals surface area contributed by atoms with Crippen molar-refractivity contribution in [2.75, 3.05) is 94.0 Å². The van der Waals surface area contributed by atoms with E-state index in [9.17, 15) is 33.9 Å². The molecule has 111 heavy (non-hydrogen) atoms. The number of esters is 2. The number of pyridine rings is 4. The predicted molar refractivity (Wildman–Crippen MR) is 421 cm³/mol. The molecule has 3 N–H and O–H groups in total. The lowest BCUT2D eigenvalue weighted by molar-refractivity contribution is -0.134. The summed E-state index contributed by atoms with van der Waals surface area (Å²) >= 11 is 6.20. The van der Waals surface area contributed by atoms with Gasteiger partial charge >= 0.3 is 17.9 Å². The number of aromatic carboxylic acids is 1. The number of nitrogens with zero attached hydrogens (tertiary/aromatic N) is 14. The van der Waals surface area contributed by atoms with Crippen molar-refractivity contribution >= 4 is 103 Å². The van der Waals surface area contributed by atoms with Gasteiger partial charge < -0.3 is 53.5 Å². The van der Waals surface area contributed by atoms with Gasteiger partial charge in [-0.2, -0.15) is 20.4 Å². The number of fused-ring (bicyclic) bond motifs is 4. The number of carboxylic acid groups (broad SMARTS) is 1. The number of H-pyrrole nitrogens is 1. The minimum atomic E-state index is -1.05. The summed E-state index contributed by atoms with van der Waals surface area (Å²) in [7, 11) is 6.34. The summed E-state index contributed by atoms with van der Waals surface area (Å²) in [5.74, 6) is 1.86. The van der Waals surface area contributed by atoms with Gasteiger partial charge in [-0.1, -0.05) is 11.6 Å². The van der Waals surface area contributed by atoms with E-state index in [1.54, 1.807) is 135 Å². The number of aromatic nitrogens is 12. The topological polar surface area (TPSA) is 333 Å². The highest BCUT2D eigenvalue weighted by molar-refractivity contribution is 6.38. The maximum absolute atomic E-state index is 13.5. The van der Waals surface area contributed by atoms with Crippen LogP contribution in [-0.4, -0.2) is 209 Å². The van der Waals surface area contributed by atoms with Gasteiger partial charge in [0, 0.05) is 135 Å². The third-order valence-corrected chi connectivity index (χ3v) is 18.6. The molecule has 4 aromatic carbocycles. The number of piperazine rings is 2. The molecule has 580 valence electrons. The fraction of sp³-hybridized carbons (Fsp3) is 0.325. The van der Waals surface area contributed by atoms with E-state index in [0.717, 1.165) is 90.4 Å². The minimum absolute atomic E-state index is 0. The number of ether oxygens (including phenoxy) is 6. The molecule has 3 amide bonds. The molecule has 16 rings (SSSR count). The van der Waals surface area contributed by atoms with Crippen LogP contribution in [0.15, 0.2) is 147 Å². The number of nitrogens with one attached hydrogen (secondary N) is 2. The van der Waals surface area contributed by atoms with Crippen LogP contribution in [0.2, 0.25) is 5.02 Å². The van der Waals surface area contributed by atoms with Crippen molar-refractivity contribution in [3.63, 3.8) is 0 Å². The predicted octanol–water partition coefficient (Wildman–Crippen LogP) is 11.8. The molecule has 0 unspecified atom stereocenters. The smallest absolute Gasteiger partial charge is 0.341 e. The van der Waals surface area contributed by atoms with Crippen LogP contribution in [0.5, 0.6) is 23.0 Å². The monoisotopic (exact) mass is 1550 g/mol. The molecule has 2 saturated carbocycles. The lowest BCUT2D eigenvalue weighted by Gasteiger charge is -2.35. The first-order chi connectivity index (χ1) is 53.2. The number of carbonyl (C=O) groups excluding carboxylic acids is 5. The summed E-state index contributed by atoms with van der Waals surface area (Å²) in [6.45, 7) is 17.9. The zero-order valence-corrected chi connectivity index (χ0v) is 64.9. The second kappa shape index (κ2) is 37.8. The summed E-state index contributed by atoms with van der Waals surface area (Å²) in [6.07, 6.45) is 24.5. The van der Waals surface area contributed by atoms with E-state index in [2.05, 4.69) is 50.7 Å². The summed E-state index contributed by atoms with van der Waals surface area (Å²) in [5, 5.41) is 35.3. The highest BCUT2D eigenvalue weighted by Crippen LogP contribution is 2.36. The fourth-order valence-corrected chi connectivity index (χ4v) is 12.4. The molecule has 12 aromatic rings. The molecule has 0 radical (unpaired) electrons. The molecule has 2 aliphatic carbocycles. The highest BCUT2D eigenvalue weighted by Gasteiger charge is 2.37. The molecule has 2 aliphatic heterocycles. The standard InChI is InChI=1S/C23H25N5O3.C17H17N3O3.C15H13N3O3.C13H12ClNO3.C8H14N2O.C4H6N2.ClH/c1-15-12-25-28(14-15)21-18-11-17(31-2)5-6-20(18)24-13-19(21)23(30)27-9-7-26(8-10-27)22(29)16-3-4-16;1-4-23-17(21)14-9-18-15-6-5-12(22-3)7-13(15)16(14)20-10-11(2)8-19-20;1-9-6-17-18(8-9)14-11-5-10(21-2)3-4-13(11)16-7-12(14)15(19)20;1-3-18-13(16)10-7-15-11-5-4-8(17-2)6-9(11)12(10)14;11-8(7-1-2-7)10-5-3-9-4-6-10;1-4-2-5-6-3-4;/h5-6,11-14,16H,3-4,7-10H2,1-2H3;5-10H,4H2,1-3H3;3-8H,1-2H3,(H,19,20);4-7H,3H2,1-2H3;7,9H,1-6H2;2-3H,1H3,(H,5,6);1H. The number of carbonyl (C=O) groups is 6. The molecule has 4 aliphatic rings. The molecule has 0 atom stereocenters. The Balaban J connectivity index is 0.000000148. The van der Waals surface area contributed by atoms with Crippen molar-refractivity contribution in [3.8, 4) is 40.1 Å². The van der Waals surface area contributed by atoms with Gasteiger partial charge in [0.05, 0.1) is 122 Å². The van der Waals surface area contributed by atoms with Crippen LogP contribution >= 0.6 is 24.0 Å². The van der Waals surface area contributed by atoms with Crippen molar-refractivity contribution in [1.82, 2.24) is 79.5 Å². The number of aromatic amines is 1. The lowest BCUT2D eigenvalue weighted by Crippen LogP contribution is -2.51. The first kappa shape index (κ1) is 81.4. The zero-order chi connectivity index (χ0) is 78.1. The van der Waals surface area contributed by atoms with Gasteiger partial charge in [-0.25, -0.2) is 28.4 Å².